The van der Waals surface area contributed by atoms with Crippen LogP contribution in [0.3, 0.4) is 0 Å². The van der Waals surface area contributed by atoms with Crippen LogP contribution in [0.2, 0.25) is 0 Å². The van der Waals surface area contributed by atoms with E-state index in [0.717, 1.165) is 25.1 Å². The molecule has 6 heteroatoms. The maximum atomic E-state index is 12.0. The number of rotatable bonds is 6. The normalized spacial score (nSPS) is 24.6. The van der Waals surface area contributed by atoms with Crippen molar-refractivity contribution in [1.82, 2.24) is 4.90 Å². The van der Waals surface area contributed by atoms with Gasteiger partial charge in [-0.3, -0.25) is 4.90 Å². The number of ether oxygens (including phenoxy) is 2. The van der Waals surface area contributed by atoms with Crippen LogP contribution in [0, 0.1) is 0 Å². The first-order chi connectivity index (χ1) is 11.5. The minimum atomic E-state index is -0.518. The monoisotopic (exact) mass is 335 g/mol. The van der Waals surface area contributed by atoms with E-state index < -0.39 is 5.97 Å². The molecule has 132 valence electrons. The molecule has 0 amide bonds. The molecule has 2 aliphatic rings. The number of aliphatic hydroxyl groups is 1. The summed E-state index contributed by atoms with van der Waals surface area (Å²) < 4.78 is 10.9. The van der Waals surface area contributed by atoms with E-state index in [4.69, 9.17) is 14.6 Å². The zero-order valence-electron chi connectivity index (χ0n) is 14.4. The molecule has 0 aromatic rings. The van der Waals surface area contributed by atoms with Crippen LogP contribution in [0.5, 0.6) is 0 Å². The highest BCUT2D eigenvalue weighted by Gasteiger charge is 2.42. The number of aliphatic hydroxyl groups excluding tert-OH is 1. The second-order valence-electron chi connectivity index (χ2n) is 5.97. The molecule has 0 aromatic carbocycles. The molecule has 2 aliphatic heterocycles. The van der Waals surface area contributed by atoms with E-state index in [1.54, 1.807) is 26.8 Å². The molecule has 1 N–H and O–H groups in total. The largest absolute Gasteiger partial charge is 0.458 e. The lowest BCUT2D eigenvalue weighted by atomic mass is 10.0. The first-order valence-electron chi connectivity index (χ1n) is 8.21. The zero-order chi connectivity index (χ0) is 17.7. The smallest absolute Gasteiger partial charge is 0.336 e. The molecular weight excluding hydrogens is 310 g/mol. The molecule has 2 heterocycles. The molecule has 0 aliphatic carbocycles. The average molecular weight is 335 g/mol. The Labute approximate surface area is 142 Å². The van der Waals surface area contributed by atoms with Crippen molar-refractivity contribution >= 4 is 11.9 Å². The van der Waals surface area contributed by atoms with Crippen molar-refractivity contribution in [3.63, 3.8) is 0 Å². The van der Waals surface area contributed by atoms with Crippen molar-refractivity contribution in [2.75, 3.05) is 26.3 Å². The molecule has 0 aromatic heterocycles. The fourth-order valence-corrected chi connectivity index (χ4v) is 2.99. The Bertz CT molecular complexity index is 590. The molecule has 2 atom stereocenters. The summed E-state index contributed by atoms with van der Waals surface area (Å²) >= 11 is 0. The summed E-state index contributed by atoms with van der Waals surface area (Å²) in [6, 6.07) is -0.0328. The summed E-state index contributed by atoms with van der Waals surface area (Å²) in [7, 11) is 0. The summed E-state index contributed by atoms with van der Waals surface area (Å²) in [5.41, 5.74) is 1.78. The summed E-state index contributed by atoms with van der Waals surface area (Å²) in [5, 5.41) is 9.10. The van der Waals surface area contributed by atoms with E-state index in [9.17, 15) is 9.59 Å². The number of allylic oxidation sites excluding steroid dienone is 2. The number of hydrogen-bond acceptors (Lipinski definition) is 6. The van der Waals surface area contributed by atoms with Gasteiger partial charge in [0.15, 0.2) is 0 Å². The summed E-state index contributed by atoms with van der Waals surface area (Å²) in [4.78, 5) is 26.1. The van der Waals surface area contributed by atoms with Crippen LogP contribution in [0.25, 0.3) is 0 Å². The van der Waals surface area contributed by atoms with Gasteiger partial charge in [0.2, 0.25) is 0 Å². The Morgan fingerprint density at radius 2 is 2.08 bits per heavy atom. The minimum Gasteiger partial charge on any atom is -0.458 e. The first-order valence-corrected chi connectivity index (χ1v) is 8.21. The second-order valence-corrected chi connectivity index (χ2v) is 5.97. The lowest BCUT2D eigenvalue weighted by molar-refractivity contribution is -0.145. The Balaban J connectivity index is 1.97. The average Bonchev–Trinajstić information content (AvgIpc) is 3.16. The number of carbonyl (C=O) groups excluding carboxylic acids is 2. The molecule has 6 nitrogen and oxygen atoms in total. The molecule has 0 radical (unpaired) electrons. The Morgan fingerprint density at radius 1 is 1.33 bits per heavy atom. The van der Waals surface area contributed by atoms with E-state index in [1.165, 1.54) is 6.08 Å². The second kappa shape index (κ2) is 8.26. The quantitative estimate of drug-likeness (QED) is 0.449. The van der Waals surface area contributed by atoms with Gasteiger partial charge in [0.25, 0.3) is 0 Å². The highest BCUT2D eigenvalue weighted by molar-refractivity contribution is 5.88. The topological polar surface area (TPSA) is 76.1 Å². The van der Waals surface area contributed by atoms with Gasteiger partial charge in [0.1, 0.15) is 12.7 Å². The van der Waals surface area contributed by atoms with E-state index >= 15 is 0 Å². The van der Waals surface area contributed by atoms with Gasteiger partial charge in [-0.15, -0.1) is 0 Å². The highest BCUT2D eigenvalue weighted by atomic mass is 16.5. The predicted octanol–water partition coefficient (Wildman–Crippen LogP) is 1.36. The van der Waals surface area contributed by atoms with E-state index in [0.29, 0.717) is 5.57 Å². The number of hydrogen-bond donors (Lipinski definition) is 1. The van der Waals surface area contributed by atoms with Gasteiger partial charge in [0.05, 0.1) is 18.2 Å². The number of nitrogens with zero attached hydrogens (tertiary/aromatic N) is 1. The van der Waals surface area contributed by atoms with Crippen molar-refractivity contribution in [3.8, 4) is 0 Å². The Hall–Kier alpha value is -1.92. The van der Waals surface area contributed by atoms with Gasteiger partial charge in [-0.05, 0) is 32.8 Å². The van der Waals surface area contributed by atoms with Crippen LogP contribution in [-0.4, -0.2) is 60.4 Å². The summed E-state index contributed by atoms with van der Waals surface area (Å²) in [5.74, 6) is -0.820. The molecule has 0 bridgehead atoms. The predicted molar refractivity (Wildman–Crippen MR) is 89.2 cm³/mol. The van der Waals surface area contributed by atoms with E-state index in [1.807, 2.05) is 6.08 Å². The van der Waals surface area contributed by atoms with Crippen molar-refractivity contribution in [3.05, 3.63) is 34.9 Å². The lowest BCUT2D eigenvalue weighted by Crippen LogP contribution is -2.36. The maximum Gasteiger partial charge on any atom is 0.336 e. The molecule has 0 unspecified atom stereocenters. The molecule has 2 rings (SSSR count). The van der Waals surface area contributed by atoms with Crippen LogP contribution in [0.4, 0.5) is 0 Å². The maximum absolute atomic E-state index is 12.0. The van der Waals surface area contributed by atoms with Gasteiger partial charge in [-0.25, -0.2) is 9.59 Å². The van der Waals surface area contributed by atoms with E-state index in [-0.39, 0.29) is 36.9 Å². The van der Waals surface area contributed by atoms with Gasteiger partial charge >= 0.3 is 11.9 Å². The lowest BCUT2D eigenvalue weighted by Gasteiger charge is -2.24. The van der Waals surface area contributed by atoms with Crippen molar-refractivity contribution < 1.29 is 24.2 Å². The SMILES string of the molecule is C/C=C(/C)C(=O)O[C@@H]1CCN2CC=C(COC(=O)/C(=C/C)CO)[C@H]12. The number of esters is 2. The van der Waals surface area contributed by atoms with Crippen molar-refractivity contribution in [2.24, 2.45) is 0 Å². The van der Waals surface area contributed by atoms with Gasteiger partial charge < -0.3 is 14.6 Å². The Morgan fingerprint density at radius 3 is 2.71 bits per heavy atom. The minimum absolute atomic E-state index is 0.0328. The Kier molecular flexibility index (Phi) is 6.34. The fraction of sp³-hybridized carbons (Fsp3) is 0.556. The van der Waals surface area contributed by atoms with Crippen LogP contribution in [-0.2, 0) is 19.1 Å². The number of carbonyl (C=O) groups is 2. The third-order valence-electron chi connectivity index (χ3n) is 4.58. The molecule has 0 saturated carbocycles. The third-order valence-corrected chi connectivity index (χ3v) is 4.58. The highest BCUT2D eigenvalue weighted by Crippen LogP contribution is 2.31. The molecule has 0 spiro atoms. The standard InChI is InChI=1S/C18H25NO5/c1-4-12(3)17(21)24-15-7-9-19-8-6-14(16(15)19)11-23-18(22)13(5-2)10-20/h4-6,15-16,20H,7-11H2,1-3H3/b12-4-,13-5+/t15-,16-/m1/s1. The zero-order valence-corrected chi connectivity index (χ0v) is 14.4. The van der Waals surface area contributed by atoms with Crippen LogP contribution in [0.15, 0.2) is 34.9 Å². The third kappa shape index (κ3) is 3.94. The molecule has 1 saturated heterocycles. The van der Waals surface area contributed by atoms with Crippen molar-refractivity contribution in [2.45, 2.75) is 39.3 Å². The number of fused-ring (bicyclic) bond motifs is 1. The fourth-order valence-electron chi connectivity index (χ4n) is 2.99. The van der Waals surface area contributed by atoms with Gasteiger partial charge in [-0.1, -0.05) is 18.2 Å². The van der Waals surface area contributed by atoms with Gasteiger partial charge in [-0.2, -0.15) is 0 Å². The summed E-state index contributed by atoms with van der Waals surface area (Å²) in [6.45, 7) is 6.64. The van der Waals surface area contributed by atoms with Crippen LogP contribution < -0.4 is 0 Å². The van der Waals surface area contributed by atoms with Crippen molar-refractivity contribution in [1.29, 1.82) is 0 Å². The molecule has 1 fully saturated rings. The molecular formula is C18H25NO5. The van der Waals surface area contributed by atoms with E-state index in [2.05, 4.69) is 4.90 Å². The summed E-state index contributed by atoms with van der Waals surface area (Å²) in [6.07, 6.45) is 5.84. The van der Waals surface area contributed by atoms with Crippen LogP contribution in [0.1, 0.15) is 27.2 Å². The van der Waals surface area contributed by atoms with Crippen LogP contribution >= 0.6 is 0 Å². The van der Waals surface area contributed by atoms with Gasteiger partial charge in [0, 0.05) is 18.7 Å². The first kappa shape index (κ1) is 18.4. The molecule has 24 heavy (non-hydrogen) atoms.